The summed E-state index contributed by atoms with van der Waals surface area (Å²) in [7, 11) is 0. The van der Waals surface area contributed by atoms with Crippen LogP contribution >= 0.6 is 0 Å². The molecule has 1 aliphatic carbocycles. The Kier molecular flexibility index (Phi) is 5.01. The number of carboxylic acid groups (broad SMARTS) is 1. The van der Waals surface area contributed by atoms with E-state index in [1.54, 1.807) is 0 Å². The van der Waals surface area contributed by atoms with E-state index in [-0.39, 0.29) is 5.92 Å². The lowest BCUT2D eigenvalue weighted by atomic mass is 10.0. The molecule has 0 heterocycles. The zero-order chi connectivity index (χ0) is 14.5. The number of aliphatic carboxylic acids is 1. The predicted molar refractivity (Wildman–Crippen MR) is 77.8 cm³/mol. The maximum absolute atomic E-state index is 11.1. The molecule has 0 aliphatic heterocycles. The summed E-state index contributed by atoms with van der Waals surface area (Å²) in [6.45, 7) is 5.17. The summed E-state index contributed by atoms with van der Waals surface area (Å²) in [5, 5.41) is 12.2. The van der Waals surface area contributed by atoms with Crippen LogP contribution in [0.25, 0.3) is 0 Å². The zero-order valence-electron chi connectivity index (χ0n) is 12.1. The highest BCUT2D eigenvalue weighted by Crippen LogP contribution is 2.29. The van der Waals surface area contributed by atoms with Gasteiger partial charge in [0.05, 0.1) is 6.61 Å². The van der Waals surface area contributed by atoms with Gasteiger partial charge in [0.15, 0.2) is 0 Å². The average molecular weight is 277 g/mol. The molecule has 4 heteroatoms. The van der Waals surface area contributed by atoms with Crippen molar-refractivity contribution in [2.75, 3.05) is 6.61 Å². The number of nitrogens with one attached hydrogen (secondary N) is 1. The molecule has 0 amide bonds. The van der Waals surface area contributed by atoms with E-state index in [1.807, 2.05) is 38.1 Å². The number of carboxylic acids is 1. The van der Waals surface area contributed by atoms with Gasteiger partial charge in [-0.05, 0) is 42.4 Å². The minimum absolute atomic E-state index is 0.0636. The number of rotatable bonds is 8. The molecule has 4 nitrogen and oxygen atoms in total. The van der Waals surface area contributed by atoms with E-state index in [0.29, 0.717) is 6.54 Å². The normalized spacial score (nSPS) is 16.1. The Morgan fingerprint density at radius 1 is 1.35 bits per heavy atom. The van der Waals surface area contributed by atoms with Crippen LogP contribution in [0.3, 0.4) is 0 Å². The SMILES string of the molecule is CC(C)[C@@H](NCc1ccc(OCC2CC2)cc1)C(=O)O. The van der Waals surface area contributed by atoms with Crippen LogP contribution < -0.4 is 10.1 Å². The molecule has 0 spiro atoms. The Balaban J connectivity index is 1.81. The van der Waals surface area contributed by atoms with Crippen molar-refractivity contribution in [1.82, 2.24) is 5.32 Å². The number of carbonyl (C=O) groups is 1. The number of benzene rings is 1. The lowest BCUT2D eigenvalue weighted by Crippen LogP contribution is -2.40. The summed E-state index contributed by atoms with van der Waals surface area (Å²) in [5.41, 5.74) is 1.07. The van der Waals surface area contributed by atoms with Crippen LogP contribution in [0.1, 0.15) is 32.3 Å². The maximum Gasteiger partial charge on any atom is 0.320 e. The molecule has 1 aromatic rings. The standard InChI is InChI=1S/C16H23NO3/c1-11(2)15(16(18)19)17-9-12-5-7-14(8-6-12)20-10-13-3-4-13/h5-8,11,13,15,17H,3-4,9-10H2,1-2H3,(H,18,19)/t15-/m1/s1. The van der Waals surface area contributed by atoms with E-state index in [4.69, 9.17) is 9.84 Å². The largest absolute Gasteiger partial charge is 0.493 e. The van der Waals surface area contributed by atoms with E-state index in [0.717, 1.165) is 23.8 Å². The van der Waals surface area contributed by atoms with Crippen LogP contribution in [0.5, 0.6) is 5.75 Å². The third kappa shape index (κ3) is 4.53. The molecule has 1 saturated carbocycles. The van der Waals surface area contributed by atoms with Crippen molar-refractivity contribution in [3.05, 3.63) is 29.8 Å². The van der Waals surface area contributed by atoms with Crippen molar-refractivity contribution < 1.29 is 14.6 Å². The summed E-state index contributed by atoms with van der Waals surface area (Å²) < 4.78 is 5.67. The van der Waals surface area contributed by atoms with Gasteiger partial charge < -0.3 is 15.2 Å². The van der Waals surface area contributed by atoms with Gasteiger partial charge in [0.1, 0.15) is 11.8 Å². The van der Waals surface area contributed by atoms with E-state index in [1.165, 1.54) is 12.8 Å². The van der Waals surface area contributed by atoms with Crippen molar-refractivity contribution in [3.8, 4) is 5.75 Å². The maximum atomic E-state index is 11.1. The van der Waals surface area contributed by atoms with Crippen LogP contribution in [0.15, 0.2) is 24.3 Å². The van der Waals surface area contributed by atoms with Gasteiger partial charge in [0, 0.05) is 6.54 Å². The first-order chi connectivity index (χ1) is 9.56. The van der Waals surface area contributed by atoms with Gasteiger partial charge in [-0.3, -0.25) is 4.79 Å². The Morgan fingerprint density at radius 2 is 2.00 bits per heavy atom. The highest BCUT2D eigenvalue weighted by atomic mass is 16.5. The zero-order valence-corrected chi connectivity index (χ0v) is 12.1. The number of hydrogen-bond acceptors (Lipinski definition) is 3. The number of hydrogen-bond donors (Lipinski definition) is 2. The molecule has 0 bridgehead atoms. The minimum Gasteiger partial charge on any atom is -0.493 e. The lowest BCUT2D eigenvalue weighted by Gasteiger charge is -2.18. The Hall–Kier alpha value is -1.55. The molecule has 20 heavy (non-hydrogen) atoms. The van der Waals surface area contributed by atoms with E-state index < -0.39 is 12.0 Å². The van der Waals surface area contributed by atoms with Gasteiger partial charge >= 0.3 is 5.97 Å². The molecule has 1 fully saturated rings. The van der Waals surface area contributed by atoms with Gasteiger partial charge in [0.25, 0.3) is 0 Å². The molecule has 0 radical (unpaired) electrons. The third-order valence-corrected chi connectivity index (χ3v) is 3.56. The van der Waals surface area contributed by atoms with Gasteiger partial charge in [-0.2, -0.15) is 0 Å². The Labute approximate surface area is 120 Å². The third-order valence-electron chi connectivity index (χ3n) is 3.56. The monoisotopic (exact) mass is 277 g/mol. The first kappa shape index (κ1) is 14.9. The number of ether oxygens (including phenoxy) is 1. The van der Waals surface area contributed by atoms with Gasteiger partial charge in [0.2, 0.25) is 0 Å². The lowest BCUT2D eigenvalue weighted by molar-refractivity contribution is -0.140. The smallest absolute Gasteiger partial charge is 0.320 e. The molecular weight excluding hydrogens is 254 g/mol. The van der Waals surface area contributed by atoms with Crippen LogP contribution in [-0.2, 0) is 11.3 Å². The second-order valence-corrected chi connectivity index (χ2v) is 5.84. The Bertz CT molecular complexity index is 438. The van der Waals surface area contributed by atoms with E-state index in [2.05, 4.69) is 5.32 Å². The molecule has 1 aromatic carbocycles. The fourth-order valence-electron chi connectivity index (χ4n) is 2.04. The van der Waals surface area contributed by atoms with Crippen molar-refractivity contribution in [2.24, 2.45) is 11.8 Å². The fraction of sp³-hybridized carbons (Fsp3) is 0.562. The fourth-order valence-corrected chi connectivity index (χ4v) is 2.04. The quantitative estimate of drug-likeness (QED) is 0.767. The van der Waals surface area contributed by atoms with Crippen LogP contribution in [-0.4, -0.2) is 23.7 Å². The van der Waals surface area contributed by atoms with Crippen molar-refractivity contribution >= 4 is 5.97 Å². The molecular formula is C16H23NO3. The molecule has 0 unspecified atom stereocenters. The van der Waals surface area contributed by atoms with Gasteiger partial charge in [-0.25, -0.2) is 0 Å². The topological polar surface area (TPSA) is 58.6 Å². The highest BCUT2D eigenvalue weighted by Gasteiger charge is 2.22. The molecule has 1 atom stereocenters. The second kappa shape index (κ2) is 6.75. The van der Waals surface area contributed by atoms with Crippen LogP contribution in [0.4, 0.5) is 0 Å². The second-order valence-electron chi connectivity index (χ2n) is 5.84. The Morgan fingerprint density at radius 3 is 2.50 bits per heavy atom. The van der Waals surface area contributed by atoms with Gasteiger partial charge in [-0.15, -0.1) is 0 Å². The predicted octanol–water partition coefficient (Wildman–Crippen LogP) is 2.67. The van der Waals surface area contributed by atoms with Gasteiger partial charge in [-0.1, -0.05) is 26.0 Å². The van der Waals surface area contributed by atoms with Crippen LogP contribution in [0.2, 0.25) is 0 Å². The summed E-state index contributed by atoms with van der Waals surface area (Å²) in [6.07, 6.45) is 2.57. The van der Waals surface area contributed by atoms with Crippen LogP contribution in [0, 0.1) is 11.8 Å². The minimum atomic E-state index is -0.801. The average Bonchev–Trinajstić information content (AvgIpc) is 3.21. The summed E-state index contributed by atoms with van der Waals surface area (Å²) in [6, 6.07) is 7.35. The van der Waals surface area contributed by atoms with Crippen molar-refractivity contribution in [1.29, 1.82) is 0 Å². The molecule has 0 saturated heterocycles. The van der Waals surface area contributed by atoms with Crippen molar-refractivity contribution in [3.63, 3.8) is 0 Å². The highest BCUT2D eigenvalue weighted by molar-refractivity contribution is 5.73. The summed E-state index contributed by atoms with van der Waals surface area (Å²) in [4.78, 5) is 11.1. The van der Waals surface area contributed by atoms with E-state index >= 15 is 0 Å². The van der Waals surface area contributed by atoms with Crippen molar-refractivity contribution in [2.45, 2.75) is 39.3 Å². The first-order valence-electron chi connectivity index (χ1n) is 7.24. The molecule has 1 aliphatic rings. The van der Waals surface area contributed by atoms with E-state index in [9.17, 15) is 4.79 Å². The molecule has 2 N–H and O–H groups in total. The summed E-state index contributed by atoms with van der Waals surface area (Å²) >= 11 is 0. The molecule has 2 rings (SSSR count). The molecule has 0 aromatic heterocycles. The molecule has 110 valence electrons. The summed E-state index contributed by atoms with van der Waals surface area (Å²) in [5.74, 6) is 0.899. The first-order valence-corrected chi connectivity index (χ1v) is 7.24.